The van der Waals surface area contributed by atoms with E-state index in [1.807, 2.05) is 0 Å². The van der Waals surface area contributed by atoms with Crippen molar-refractivity contribution in [2.45, 2.75) is 19.6 Å². The Kier molecular flexibility index (Phi) is 5.83. The number of carbonyl (C=O) groups is 1. The highest BCUT2D eigenvalue weighted by molar-refractivity contribution is 5.93. The van der Waals surface area contributed by atoms with Crippen LogP contribution in [0.2, 0.25) is 0 Å². The van der Waals surface area contributed by atoms with Crippen molar-refractivity contribution in [3.63, 3.8) is 0 Å². The number of nitrogens with two attached hydrogens (primary N) is 1. The normalized spacial score (nSPS) is 11.1. The molecular weight excluding hydrogens is 425 g/mol. The molecule has 0 aliphatic rings. The molecule has 2 aromatic heterocycles. The van der Waals surface area contributed by atoms with Crippen molar-refractivity contribution in [1.29, 1.82) is 0 Å². The third-order valence-corrected chi connectivity index (χ3v) is 4.94. The summed E-state index contributed by atoms with van der Waals surface area (Å²) in [6.07, 6.45) is 2.22. The van der Waals surface area contributed by atoms with Gasteiger partial charge < -0.3 is 20.0 Å². The van der Waals surface area contributed by atoms with E-state index in [0.29, 0.717) is 0 Å². The summed E-state index contributed by atoms with van der Waals surface area (Å²) in [6.45, 7) is -0.427. The standard InChI is InChI=1S/C23H17F3N2O4/c24-14-1-2-19(12(7-14)9-20(29)30)32-11-13-8-17(23-16(21(13)25)4-6-31-23)15-3-5-28-18(10-27)22(15)26/h1-8H,9-11,27H2,(H,29,30). The summed E-state index contributed by atoms with van der Waals surface area (Å²) < 4.78 is 54.6. The van der Waals surface area contributed by atoms with E-state index in [4.69, 9.17) is 20.0 Å². The van der Waals surface area contributed by atoms with Gasteiger partial charge in [-0.25, -0.2) is 13.2 Å². The number of hydrogen-bond acceptors (Lipinski definition) is 5. The summed E-state index contributed by atoms with van der Waals surface area (Å²) in [6, 6.07) is 7.67. The van der Waals surface area contributed by atoms with E-state index in [9.17, 15) is 13.6 Å². The number of aliphatic carboxylic acids is 1. The molecule has 0 spiro atoms. The smallest absolute Gasteiger partial charge is 0.307 e. The van der Waals surface area contributed by atoms with E-state index < -0.39 is 29.8 Å². The van der Waals surface area contributed by atoms with Crippen molar-refractivity contribution in [2.24, 2.45) is 5.73 Å². The lowest BCUT2D eigenvalue weighted by molar-refractivity contribution is -0.136. The molecule has 4 rings (SSSR count). The van der Waals surface area contributed by atoms with E-state index in [0.717, 1.165) is 12.1 Å². The molecule has 0 atom stereocenters. The quantitative estimate of drug-likeness (QED) is 0.435. The largest absolute Gasteiger partial charge is 0.488 e. The van der Waals surface area contributed by atoms with Gasteiger partial charge >= 0.3 is 5.97 Å². The lowest BCUT2D eigenvalue weighted by Gasteiger charge is -2.14. The number of nitrogens with zero attached hydrogens (tertiary/aromatic N) is 1. The van der Waals surface area contributed by atoms with Gasteiger partial charge in [0.05, 0.1) is 23.8 Å². The summed E-state index contributed by atoms with van der Waals surface area (Å²) in [4.78, 5) is 15.0. The van der Waals surface area contributed by atoms with Crippen molar-refractivity contribution in [1.82, 2.24) is 4.98 Å². The molecule has 9 heteroatoms. The van der Waals surface area contributed by atoms with Gasteiger partial charge in [0.1, 0.15) is 29.6 Å². The second kappa shape index (κ2) is 8.72. The van der Waals surface area contributed by atoms with Crippen LogP contribution in [-0.2, 0) is 24.4 Å². The van der Waals surface area contributed by atoms with Gasteiger partial charge in [0.25, 0.3) is 0 Å². The van der Waals surface area contributed by atoms with Crippen molar-refractivity contribution >= 4 is 16.9 Å². The molecule has 4 aromatic rings. The van der Waals surface area contributed by atoms with E-state index in [1.54, 1.807) is 0 Å². The predicted molar refractivity (Wildman–Crippen MR) is 109 cm³/mol. The fourth-order valence-electron chi connectivity index (χ4n) is 3.45. The first kappa shape index (κ1) is 21.4. The summed E-state index contributed by atoms with van der Waals surface area (Å²) >= 11 is 0. The van der Waals surface area contributed by atoms with Gasteiger partial charge in [-0.2, -0.15) is 0 Å². The molecule has 0 saturated heterocycles. The van der Waals surface area contributed by atoms with Crippen molar-refractivity contribution in [3.05, 3.63) is 83.1 Å². The van der Waals surface area contributed by atoms with E-state index >= 15 is 4.39 Å². The Balaban J connectivity index is 1.76. The first-order chi connectivity index (χ1) is 15.4. The number of hydrogen-bond donors (Lipinski definition) is 2. The molecule has 0 unspecified atom stereocenters. The van der Waals surface area contributed by atoms with Crippen LogP contribution in [0.15, 0.2) is 53.3 Å². The number of benzene rings is 2. The van der Waals surface area contributed by atoms with E-state index in [2.05, 4.69) is 4.98 Å². The molecule has 2 heterocycles. The van der Waals surface area contributed by atoms with Gasteiger partial charge in [0.2, 0.25) is 0 Å². The lowest BCUT2D eigenvalue weighted by atomic mass is 9.99. The molecule has 0 saturated carbocycles. The number of pyridine rings is 1. The van der Waals surface area contributed by atoms with Crippen LogP contribution in [0.5, 0.6) is 5.75 Å². The lowest BCUT2D eigenvalue weighted by Crippen LogP contribution is -2.06. The topological polar surface area (TPSA) is 98.6 Å². The molecule has 164 valence electrons. The van der Waals surface area contributed by atoms with Crippen molar-refractivity contribution in [2.75, 3.05) is 0 Å². The number of fused-ring (bicyclic) bond motifs is 1. The molecule has 0 fully saturated rings. The van der Waals surface area contributed by atoms with Gasteiger partial charge in [0, 0.05) is 35.0 Å². The molecule has 0 radical (unpaired) electrons. The number of aromatic nitrogens is 1. The first-order valence-corrected chi connectivity index (χ1v) is 9.54. The third kappa shape index (κ3) is 4.02. The highest BCUT2D eigenvalue weighted by Gasteiger charge is 2.20. The predicted octanol–water partition coefficient (Wildman–Crippen LogP) is 4.58. The average molecular weight is 442 g/mol. The van der Waals surface area contributed by atoms with Crippen LogP contribution in [-0.4, -0.2) is 16.1 Å². The summed E-state index contributed by atoms with van der Waals surface area (Å²) in [5.41, 5.74) is 6.33. The zero-order valence-corrected chi connectivity index (χ0v) is 16.6. The Morgan fingerprint density at radius 3 is 2.62 bits per heavy atom. The highest BCUT2D eigenvalue weighted by atomic mass is 19.1. The number of rotatable bonds is 7. The SMILES string of the molecule is NCc1nccc(-c2cc(COc3ccc(F)cc3CC(=O)O)c(F)c3ccoc23)c1F. The van der Waals surface area contributed by atoms with Crippen LogP contribution >= 0.6 is 0 Å². The number of halogens is 3. The Morgan fingerprint density at radius 2 is 1.88 bits per heavy atom. The van der Waals surface area contributed by atoms with E-state index in [-0.39, 0.29) is 57.8 Å². The molecule has 0 aliphatic carbocycles. The second-order valence-electron chi connectivity index (χ2n) is 7.00. The minimum Gasteiger partial charge on any atom is -0.488 e. The summed E-state index contributed by atoms with van der Waals surface area (Å²) in [7, 11) is 0. The van der Waals surface area contributed by atoms with Gasteiger partial charge in [-0.1, -0.05) is 0 Å². The third-order valence-electron chi connectivity index (χ3n) is 4.94. The first-order valence-electron chi connectivity index (χ1n) is 9.54. The maximum atomic E-state index is 15.1. The summed E-state index contributed by atoms with van der Waals surface area (Å²) in [5, 5.41) is 9.16. The Hall–Kier alpha value is -3.85. The molecule has 0 bridgehead atoms. The van der Waals surface area contributed by atoms with Gasteiger partial charge in [0.15, 0.2) is 5.82 Å². The monoisotopic (exact) mass is 442 g/mol. The molecule has 6 nitrogen and oxygen atoms in total. The molecule has 0 aliphatic heterocycles. The van der Waals surface area contributed by atoms with E-state index in [1.165, 1.54) is 36.7 Å². The van der Waals surface area contributed by atoms with Crippen LogP contribution in [0.4, 0.5) is 13.2 Å². The van der Waals surface area contributed by atoms with Crippen molar-refractivity contribution < 1.29 is 32.2 Å². The molecule has 2 aromatic carbocycles. The Morgan fingerprint density at radius 1 is 1.06 bits per heavy atom. The maximum absolute atomic E-state index is 15.1. The minimum absolute atomic E-state index is 0.0500. The van der Waals surface area contributed by atoms with Crippen LogP contribution < -0.4 is 10.5 Å². The fraction of sp³-hybridized carbons (Fsp3) is 0.130. The number of ether oxygens (including phenoxy) is 1. The molecule has 0 amide bonds. The number of carboxylic acids is 1. The van der Waals surface area contributed by atoms with Crippen LogP contribution in [0, 0.1) is 17.5 Å². The van der Waals surface area contributed by atoms with Crippen LogP contribution in [0.25, 0.3) is 22.1 Å². The zero-order valence-electron chi connectivity index (χ0n) is 16.6. The van der Waals surface area contributed by atoms with Crippen LogP contribution in [0.3, 0.4) is 0 Å². The molecular formula is C23H17F3N2O4. The number of carboxylic acid groups (broad SMARTS) is 1. The van der Waals surface area contributed by atoms with Crippen LogP contribution in [0.1, 0.15) is 16.8 Å². The number of furan rings is 1. The average Bonchev–Trinajstić information content (AvgIpc) is 3.25. The molecule has 3 N–H and O–H groups in total. The Labute approximate surface area is 180 Å². The maximum Gasteiger partial charge on any atom is 0.307 e. The zero-order chi connectivity index (χ0) is 22.8. The summed E-state index contributed by atoms with van der Waals surface area (Å²) in [5.74, 6) is -2.97. The fourth-order valence-corrected chi connectivity index (χ4v) is 3.45. The minimum atomic E-state index is -1.17. The highest BCUT2D eigenvalue weighted by Crippen LogP contribution is 2.35. The Bertz CT molecular complexity index is 1320. The van der Waals surface area contributed by atoms with Crippen molar-refractivity contribution in [3.8, 4) is 16.9 Å². The van der Waals surface area contributed by atoms with Gasteiger partial charge in [-0.3, -0.25) is 9.78 Å². The van der Waals surface area contributed by atoms with Gasteiger partial charge in [-0.15, -0.1) is 0 Å². The second-order valence-corrected chi connectivity index (χ2v) is 7.00. The molecule has 32 heavy (non-hydrogen) atoms. The van der Waals surface area contributed by atoms with Gasteiger partial charge in [-0.05, 0) is 36.4 Å².